The first kappa shape index (κ1) is 15.8. The number of anilines is 3. The minimum atomic E-state index is 0.525. The Morgan fingerprint density at radius 1 is 1.04 bits per heavy atom. The molecule has 5 heteroatoms. The lowest BCUT2D eigenvalue weighted by molar-refractivity contribution is 0.416. The molecule has 0 radical (unpaired) electrons. The molecule has 0 aliphatic carbocycles. The molecule has 0 spiro atoms. The van der Waals surface area contributed by atoms with Crippen molar-refractivity contribution in [1.29, 1.82) is 0 Å². The SMILES string of the molecule is COc1ccc(C)cc1Nc1nccc(NCc2ccccc2)n1. The average Bonchev–Trinajstić information content (AvgIpc) is 2.61. The molecular formula is C19H20N4O. The van der Waals surface area contributed by atoms with Crippen molar-refractivity contribution in [3.8, 4) is 5.75 Å². The van der Waals surface area contributed by atoms with Crippen LogP contribution >= 0.6 is 0 Å². The lowest BCUT2D eigenvalue weighted by Gasteiger charge is -2.12. The molecule has 0 bridgehead atoms. The van der Waals surface area contributed by atoms with Crippen LogP contribution in [0.15, 0.2) is 60.8 Å². The fourth-order valence-electron chi connectivity index (χ4n) is 2.35. The first-order chi connectivity index (χ1) is 11.7. The number of benzene rings is 2. The highest BCUT2D eigenvalue weighted by molar-refractivity contribution is 5.64. The summed E-state index contributed by atoms with van der Waals surface area (Å²) in [7, 11) is 1.65. The van der Waals surface area contributed by atoms with Crippen LogP contribution in [0.4, 0.5) is 17.5 Å². The molecule has 3 aromatic rings. The first-order valence-corrected chi connectivity index (χ1v) is 7.77. The van der Waals surface area contributed by atoms with E-state index in [2.05, 4.69) is 32.7 Å². The van der Waals surface area contributed by atoms with Gasteiger partial charge in [-0.1, -0.05) is 36.4 Å². The van der Waals surface area contributed by atoms with Gasteiger partial charge >= 0.3 is 0 Å². The third-order valence-corrected chi connectivity index (χ3v) is 3.57. The van der Waals surface area contributed by atoms with Crippen molar-refractivity contribution in [2.24, 2.45) is 0 Å². The molecule has 0 unspecified atom stereocenters. The van der Waals surface area contributed by atoms with Crippen LogP contribution in [0.2, 0.25) is 0 Å². The molecule has 5 nitrogen and oxygen atoms in total. The molecule has 1 aromatic heterocycles. The Morgan fingerprint density at radius 2 is 1.88 bits per heavy atom. The van der Waals surface area contributed by atoms with E-state index in [0.717, 1.165) is 22.8 Å². The number of aromatic nitrogens is 2. The highest BCUT2D eigenvalue weighted by atomic mass is 16.5. The minimum Gasteiger partial charge on any atom is -0.495 e. The van der Waals surface area contributed by atoms with Crippen LogP contribution in [0.5, 0.6) is 5.75 Å². The molecule has 1 heterocycles. The van der Waals surface area contributed by atoms with Crippen LogP contribution in [-0.4, -0.2) is 17.1 Å². The maximum absolute atomic E-state index is 5.37. The zero-order valence-electron chi connectivity index (χ0n) is 13.8. The van der Waals surface area contributed by atoms with E-state index >= 15 is 0 Å². The Balaban J connectivity index is 1.72. The van der Waals surface area contributed by atoms with Gasteiger partial charge in [-0.15, -0.1) is 0 Å². The van der Waals surface area contributed by atoms with Gasteiger partial charge in [-0.05, 0) is 36.2 Å². The molecule has 0 aliphatic rings. The molecule has 0 atom stereocenters. The third-order valence-electron chi connectivity index (χ3n) is 3.57. The van der Waals surface area contributed by atoms with Crippen LogP contribution in [0.25, 0.3) is 0 Å². The monoisotopic (exact) mass is 320 g/mol. The molecule has 0 saturated heterocycles. The standard InChI is InChI=1S/C19H20N4O/c1-14-8-9-17(24-2)16(12-14)22-19-20-11-10-18(23-19)21-13-15-6-4-3-5-7-15/h3-12H,13H2,1-2H3,(H2,20,21,22,23). The van der Waals surface area contributed by atoms with Crippen molar-refractivity contribution < 1.29 is 4.74 Å². The van der Waals surface area contributed by atoms with Crippen LogP contribution < -0.4 is 15.4 Å². The maximum atomic E-state index is 5.37. The molecule has 0 aliphatic heterocycles. The van der Waals surface area contributed by atoms with Gasteiger partial charge < -0.3 is 15.4 Å². The summed E-state index contributed by atoms with van der Waals surface area (Å²) in [5.74, 6) is 2.05. The van der Waals surface area contributed by atoms with Crippen LogP contribution in [0, 0.1) is 6.92 Å². The second-order valence-electron chi connectivity index (χ2n) is 5.43. The van der Waals surface area contributed by atoms with Gasteiger partial charge in [0.15, 0.2) is 0 Å². The van der Waals surface area contributed by atoms with E-state index in [1.54, 1.807) is 13.3 Å². The minimum absolute atomic E-state index is 0.525. The summed E-state index contributed by atoms with van der Waals surface area (Å²) in [6.45, 7) is 2.74. The van der Waals surface area contributed by atoms with E-state index in [-0.39, 0.29) is 0 Å². The van der Waals surface area contributed by atoms with Gasteiger partial charge in [0.25, 0.3) is 0 Å². The highest BCUT2D eigenvalue weighted by Gasteiger charge is 2.06. The number of ether oxygens (including phenoxy) is 1. The number of nitrogens with zero attached hydrogens (tertiary/aromatic N) is 2. The van der Waals surface area contributed by atoms with Crippen LogP contribution in [0.3, 0.4) is 0 Å². The molecule has 0 fully saturated rings. The number of aryl methyl sites for hydroxylation is 1. The second kappa shape index (κ2) is 7.46. The normalized spacial score (nSPS) is 10.2. The summed E-state index contributed by atoms with van der Waals surface area (Å²) in [6, 6.07) is 18.0. The highest BCUT2D eigenvalue weighted by Crippen LogP contribution is 2.27. The fourth-order valence-corrected chi connectivity index (χ4v) is 2.35. The van der Waals surface area contributed by atoms with Gasteiger partial charge in [0, 0.05) is 12.7 Å². The quantitative estimate of drug-likeness (QED) is 0.714. The van der Waals surface area contributed by atoms with E-state index in [0.29, 0.717) is 12.5 Å². The lowest BCUT2D eigenvalue weighted by Crippen LogP contribution is -2.04. The van der Waals surface area contributed by atoms with Crippen molar-refractivity contribution >= 4 is 17.5 Å². The van der Waals surface area contributed by atoms with Crippen molar-refractivity contribution in [2.75, 3.05) is 17.7 Å². The molecule has 0 saturated carbocycles. The van der Waals surface area contributed by atoms with E-state index in [1.165, 1.54) is 5.56 Å². The molecule has 3 rings (SSSR count). The van der Waals surface area contributed by atoms with E-state index < -0.39 is 0 Å². The summed E-state index contributed by atoms with van der Waals surface area (Å²) in [5, 5.41) is 6.52. The van der Waals surface area contributed by atoms with Gasteiger partial charge in [0.05, 0.1) is 12.8 Å². The smallest absolute Gasteiger partial charge is 0.229 e. The summed E-state index contributed by atoms with van der Waals surface area (Å²) >= 11 is 0. The van der Waals surface area contributed by atoms with Crippen molar-refractivity contribution in [3.05, 3.63) is 71.9 Å². The molecule has 2 N–H and O–H groups in total. The lowest BCUT2D eigenvalue weighted by atomic mass is 10.2. The Bertz CT molecular complexity index is 805. The van der Waals surface area contributed by atoms with Crippen molar-refractivity contribution in [2.45, 2.75) is 13.5 Å². The van der Waals surface area contributed by atoms with Gasteiger partial charge in [-0.25, -0.2) is 4.98 Å². The Kier molecular flexibility index (Phi) is 4.91. The topological polar surface area (TPSA) is 59.1 Å². The van der Waals surface area contributed by atoms with Gasteiger partial charge in [-0.2, -0.15) is 4.98 Å². The summed E-state index contributed by atoms with van der Waals surface area (Å²) in [4.78, 5) is 8.78. The number of methoxy groups -OCH3 is 1. The van der Waals surface area contributed by atoms with E-state index in [9.17, 15) is 0 Å². The predicted molar refractivity (Wildman–Crippen MR) is 96.8 cm³/mol. The Hall–Kier alpha value is -3.08. The van der Waals surface area contributed by atoms with Crippen LogP contribution in [-0.2, 0) is 6.54 Å². The third kappa shape index (κ3) is 4.01. The first-order valence-electron chi connectivity index (χ1n) is 7.77. The van der Waals surface area contributed by atoms with Crippen molar-refractivity contribution in [3.63, 3.8) is 0 Å². The average molecular weight is 320 g/mol. The van der Waals surface area contributed by atoms with E-state index in [4.69, 9.17) is 4.74 Å². The number of nitrogens with one attached hydrogen (secondary N) is 2. The van der Waals surface area contributed by atoms with E-state index in [1.807, 2.05) is 49.4 Å². The van der Waals surface area contributed by atoms with Gasteiger partial charge in [0.1, 0.15) is 11.6 Å². The summed E-state index contributed by atoms with van der Waals surface area (Å²) in [6.07, 6.45) is 1.73. The Morgan fingerprint density at radius 3 is 2.67 bits per heavy atom. The van der Waals surface area contributed by atoms with Gasteiger partial charge in [-0.3, -0.25) is 0 Å². The Labute approximate surface area is 141 Å². The number of hydrogen-bond donors (Lipinski definition) is 2. The molecule has 24 heavy (non-hydrogen) atoms. The second-order valence-corrected chi connectivity index (χ2v) is 5.43. The predicted octanol–water partition coefficient (Wildman–Crippen LogP) is 4.15. The maximum Gasteiger partial charge on any atom is 0.229 e. The number of hydrogen-bond acceptors (Lipinski definition) is 5. The molecular weight excluding hydrogens is 300 g/mol. The van der Waals surface area contributed by atoms with Gasteiger partial charge in [0.2, 0.25) is 5.95 Å². The zero-order valence-corrected chi connectivity index (χ0v) is 13.8. The molecule has 122 valence electrons. The summed E-state index contributed by atoms with van der Waals surface area (Å²) in [5.41, 5.74) is 3.18. The largest absolute Gasteiger partial charge is 0.495 e. The zero-order chi connectivity index (χ0) is 16.8. The summed E-state index contributed by atoms with van der Waals surface area (Å²) < 4.78 is 5.37. The number of rotatable bonds is 6. The van der Waals surface area contributed by atoms with Crippen LogP contribution in [0.1, 0.15) is 11.1 Å². The molecule has 2 aromatic carbocycles. The van der Waals surface area contributed by atoms with Crippen molar-refractivity contribution in [1.82, 2.24) is 9.97 Å². The fraction of sp³-hybridized carbons (Fsp3) is 0.158. The molecule has 0 amide bonds.